The summed E-state index contributed by atoms with van der Waals surface area (Å²) in [4.78, 5) is 29.4. The number of hydrogen-bond acceptors (Lipinski definition) is 4. The van der Waals surface area contributed by atoms with E-state index in [-0.39, 0.29) is 45.4 Å². The molecule has 2 bridgehead atoms. The quantitative estimate of drug-likeness (QED) is 0.486. The normalized spacial score (nSPS) is 23.3. The summed E-state index contributed by atoms with van der Waals surface area (Å²) >= 11 is 5.65. The topological polar surface area (TPSA) is 68.3 Å². The van der Waals surface area contributed by atoms with Gasteiger partial charge in [0.2, 0.25) is 0 Å². The number of ketones is 1. The first-order valence-electron chi connectivity index (χ1n) is 11.3. The van der Waals surface area contributed by atoms with Gasteiger partial charge in [0.1, 0.15) is 17.3 Å². The number of carbonyl (C=O) groups excluding carboxylic acids is 2. The van der Waals surface area contributed by atoms with Crippen LogP contribution in [-0.4, -0.2) is 28.8 Å². The first kappa shape index (κ1) is 23.7. The molecule has 3 aliphatic carbocycles. The van der Waals surface area contributed by atoms with Gasteiger partial charge in [0.25, 0.3) is 5.91 Å². The highest BCUT2D eigenvalue weighted by atomic mass is 35.5. The molecule has 0 saturated heterocycles. The summed E-state index contributed by atoms with van der Waals surface area (Å²) in [6, 6.07) is 7.97. The predicted molar refractivity (Wildman–Crippen MR) is 125 cm³/mol. The van der Waals surface area contributed by atoms with E-state index in [9.17, 15) is 14.0 Å². The van der Waals surface area contributed by atoms with E-state index in [4.69, 9.17) is 16.3 Å². The number of rotatable bonds is 9. The fourth-order valence-electron chi connectivity index (χ4n) is 5.10. The molecule has 2 aromatic rings. The van der Waals surface area contributed by atoms with Gasteiger partial charge < -0.3 is 10.1 Å². The van der Waals surface area contributed by atoms with Gasteiger partial charge in [-0.3, -0.25) is 14.6 Å². The molecule has 7 heteroatoms. The Hall–Kier alpha value is -2.47. The van der Waals surface area contributed by atoms with Crippen LogP contribution in [0.15, 0.2) is 36.5 Å². The highest BCUT2D eigenvalue weighted by Crippen LogP contribution is 2.69. The second-order valence-corrected chi connectivity index (χ2v) is 11.3. The van der Waals surface area contributed by atoms with Crippen LogP contribution >= 0.6 is 11.6 Å². The lowest BCUT2D eigenvalue weighted by atomic mass is 9.38. The predicted octanol–water partition coefficient (Wildman–Crippen LogP) is 5.54. The lowest BCUT2D eigenvalue weighted by Crippen LogP contribution is -2.75. The average molecular weight is 473 g/mol. The second kappa shape index (κ2) is 8.71. The fraction of sp³-hybridized carbons (Fsp3) is 0.500. The van der Waals surface area contributed by atoms with Crippen LogP contribution in [0.1, 0.15) is 68.9 Å². The minimum atomic E-state index is -0.588. The van der Waals surface area contributed by atoms with Gasteiger partial charge in [-0.1, -0.05) is 32.4 Å². The average Bonchev–Trinajstić information content (AvgIpc) is 2.70. The third kappa shape index (κ3) is 5.55. The van der Waals surface area contributed by atoms with Crippen molar-refractivity contribution in [3.8, 4) is 5.75 Å². The van der Waals surface area contributed by atoms with E-state index in [0.29, 0.717) is 12.1 Å². The molecule has 1 aromatic heterocycles. The molecule has 3 aliphatic rings. The van der Waals surface area contributed by atoms with Gasteiger partial charge in [-0.05, 0) is 72.8 Å². The first-order chi connectivity index (χ1) is 15.5. The summed E-state index contributed by atoms with van der Waals surface area (Å²) in [6.45, 7) is 6.43. The third-order valence-corrected chi connectivity index (χ3v) is 6.92. The Bertz CT molecular complexity index is 1060. The Morgan fingerprint density at radius 2 is 1.91 bits per heavy atom. The maximum Gasteiger partial charge on any atom is 0.258 e. The minimum Gasteiger partial charge on any atom is -0.484 e. The van der Waals surface area contributed by atoms with Crippen molar-refractivity contribution >= 4 is 23.3 Å². The monoisotopic (exact) mass is 472 g/mol. The zero-order valence-corrected chi connectivity index (χ0v) is 20.1. The van der Waals surface area contributed by atoms with Gasteiger partial charge >= 0.3 is 0 Å². The number of nitrogens with zero attached hydrogens (tertiary/aromatic N) is 1. The molecule has 1 amide bonds. The maximum atomic E-state index is 13.5. The second-order valence-electron chi connectivity index (χ2n) is 10.9. The molecule has 1 aromatic carbocycles. The minimum absolute atomic E-state index is 0.00680. The van der Waals surface area contributed by atoms with E-state index < -0.39 is 5.82 Å². The van der Waals surface area contributed by atoms with Crippen molar-refractivity contribution in [1.82, 2.24) is 10.3 Å². The summed E-state index contributed by atoms with van der Waals surface area (Å²) in [5.74, 6) is -0.516. The number of carbonyl (C=O) groups is 2. The van der Waals surface area contributed by atoms with Gasteiger partial charge in [-0.15, -0.1) is 0 Å². The summed E-state index contributed by atoms with van der Waals surface area (Å²) in [5, 5.41) is 3.03. The standard InChI is InChI=1S/C26H30ClFN2O3/c1-24(2,3)8-6-17-7-9-29-21(10-17)22(31)12-25-14-26(15-25,16-25)30-23(32)13-33-18-4-5-19(27)20(28)11-18/h4-5,7,9-11H,6,8,12-16H2,1-3H3,(H,30,32). The van der Waals surface area contributed by atoms with E-state index in [1.54, 1.807) is 6.20 Å². The molecule has 3 fully saturated rings. The zero-order valence-electron chi connectivity index (χ0n) is 19.3. The number of aryl methyl sites for hydroxylation is 1. The third-order valence-electron chi connectivity index (χ3n) is 6.62. The van der Waals surface area contributed by atoms with Crippen LogP contribution in [0.4, 0.5) is 4.39 Å². The maximum absolute atomic E-state index is 13.5. The lowest BCUT2D eigenvalue weighted by Gasteiger charge is -2.70. The number of hydrogen-bond donors (Lipinski definition) is 1. The molecular weight excluding hydrogens is 443 g/mol. The Morgan fingerprint density at radius 1 is 1.18 bits per heavy atom. The number of halogens is 2. The van der Waals surface area contributed by atoms with Gasteiger partial charge in [-0.2, -0.15) is 0 Å². The molecule has 1 N–H and O–H groups in total. The van der Waals surface area contributed by atoms with Crippen LogP contribution in [0, 0.1) is 16.6 Å². The first-order valence-corrected chi connectivity index (χ1v) is 11.7. The largest absolute Gasteiger partial charge is 0.484 e. The lowest BCUT2D eigenvalue weighted by molar-refractivity contribution is -0.164. The molecule has 0 atom stereocenters. The van der Waals surface area contributed by atoms with Crippen LogP contribution in [-0.2, 0) is 11.2 Å². The Kier molecular flexibility index (Phi) is 6.25. The summed E-state index contributed by atoms with van der Waals surface area (Å²) in [5.41, 5.74) is 1.65. The number of pyridine rings is 1. The molecule has 1 heterocycles. The number of aromatic nitrogens is 1. The van der Waals surface area contributed by atoms with Crippen molar-refractivity contribution in [1.29, 1.82) is 0 Å². The number of ether oxygens (including phenoxy) is 1. The van der Waals surface area contributed by atoms with Crippen LogP contribution < -0.4 is 10.1 Å². The highest BCUT2D eigenvalue weighted by molar-refractivity contribution is 6.30. The fourth-order valence-corrected chi connectivity index (χ4v) is 5.22. The van der Waals surface area contributed by atoms with Gasteiger partial charge in [-0.25, -0.2) is 4.39 Å². The molecule has 5 nitrogen and oxygen atoms in total. The zero-order chi connectivity index (χ0) is 23.9. The van der Waals surface area contributed by atoms with Crippen molar-refractivity contribution in [3.63, 3.8) is 0 Å². The van der Waals surface area contributed by atoms with E-state index in [1.165, 1.54) is 12.1 Å². The van der Waals surface area contributed by atoms with Crippen LogP contribution in [0.25, 0.3) is 0 Å². The molecule has 0 aliphatic heterocycles. The van der Waals surface area contributed by atoms with E-state index >= 15 is 0 Å². The number of amides is 1. The highest BCUT2D eigenvalue weighted by Gasteiger charge is 2.68. The molecule has 0 radical (unpaired) electrons. The summed E-state index contributed by atoms with van der Waals surface area (Å²) in [6.07, 6.45) is 6.53. The molecule has 5 rings (SSSR count). The van der Waals surface area contributed by atoms with E-state index in [1.807, 2.05) is 12.1 Å². The van der Waals surface area contributed by atoms with Crippen molar-refractivity contribution < 1.29 is 18.7 Å². The van der Waals surface area contributed by atoms with Gasteiger partial charge in [0, 0.05) is 24.2 Å². The Morgan fingerprint density at radius 3 is 2.58 bits per heavy atom. The Labute approximate surface area is 199 Å². The molecule has 0 spiro atoms. The van der Waals surface area contributed by atoms with Crippen molar-refractivity contribution in [3.05, 3.63) is 58.6 Å². The molecule has 33 heavy (non-hydrogen) atoms. The smallest absolute Gasteiger partial charge is 0.258 e. The molecule has 3 saturated carbocycles. The van der Waals surface area contributed by atoms with Gasteiger partial charge in [0.15, 0.2) is 12.4 Å². The van der Waals surface area contributed by atoms with Crippen molar-refractivity contribution in [2.45, 2.75) is 64.8 Å². The van der Waals surface area contributed by atoms with Crippen LogP contribution in [0.5, 0.6) is 5.75 Å². The molecule has 176 valence electrons. The SMILES string of the molecule is CC(C)(C)CCc1ccnc(C(=O)CC23CC(NC(=O)COc4ccc(Cl)c(F)c4)(C2)C3)c1. The molecular formula is C26H30ClFN2O3. The molecule has 0 unspecified atom stereocenters. The van der Waals surface area contributed by atoms with E-state index in [2.05, 4.69) is 31.1 Å². The Balaban J connectivity index is 1.23. The van der Waals surface area contributed by atoms with Crippen molar-refractivity contribution in [2.75, 3.05) is 6.61 Å². The van der Waals surface area contributed by atoms with Gasteiger partial charge in [0.05, 0.1) is 5.02 Å². The summed E-state index contributed by atoms with van der Waals surface area (Å²) < 4.78 is 18.8. The summed E-state index contributed by atoms with van der Waals surface area (Å²) in [7, 11) is 0. The number of nitrogens with one attached hydrogen (secondary N) is 1. The van der Waals surface area contributed by atoms with Crippen molar-refractivity contribution in [2.24, 2.45) is 10.8 Å². The van der Waals surface area contributed by atoms with Crippen LogP contribution in [0.3, 0.4) is 0 Å². The number of benzene rings is 1. The van der Waals surface area contributed by atoms with Crippen LogP contribution in [0.2, 0.25) is 5.02 Å². The van der Waals surface area contributed by atoms with E-state index in [0.717, 1.165) is 43.7 Å². The number of Topliss-reactive ketones (excluding diaryl/α,β-unsaturated/α-hetero) is 1.